The Kier molecular flexibility index (Phi) is 8.29. The number of nitrogens with one attached hydrogen (secondary N) is 1. The number of alkyl carbamates (subject to hydrolysis) is 1. The molecule has 0 aromatic heterocycles. The zero-order valence-corrected chi connectivity index (χ0v) is 9.99. The first kappa shape index (κ1) is 14.7. The van der Waals surface area contributed by atoms with Crippen LogP contribution in [0.5, 0.6) is 0 Å². The number of carboxylic acids is 1. The quantitative estimate of drug-likeness (QED) is 0.670. The molecule has 0 aliphatic rings. The SMILES string of the molecule is CCOC(=O)NCCC(CC)CCC(=O)O. The highest BCUT2D eigenvalue weighted by molar-refractivity contribution is 5.67. The molecule has 0 saturated carbocycles. The highest BCUT2D eigenvalue weighted by Crippen LogP contribution is 2.14. The van der Waals surface area contributed by atoms with E-state index in [0.717, 1.165) is 12.8 Å². The molecule has 0 spiro atoms. The first-order valence-corrected chi connectivity index (χ1v) is 5.72. The summed E-state index contributed by atoms with van der Waals surface area (Å²) in [5.41, 5.74) is 0. The minimum absolute atomic E-state index is 0.192. The minimum atomic E-state index is -0.767. The summed E-state index contributed by atoms with van der Waals surface area (Å²) in [6.07, 6.45) is 2.17. The van der Waals surface area contributed by atoms with Crippen LogP contribution in [0.1, 0.15) is 39.5 Å². The zero-order chi connectivity index (χ0) is 12.4. The zero-order valence-electron chi connectivity index (χ0n) is 9.99. The fourth-order valence-electron chi connectivity index (χ4n) is 1.44. The van der Waals surface area contributed by atoms with Crippen molar-refractivity contribution in [2.45, 2.75) is 39.5 Å². The number of carbonyl (C=O) groups is 2. The summed E-state index contributed by atoms with van der Waals surface area (Å²) >= 11 is 0. The molecule has 0 aliphatic heterocycles. The highest BCUT2D eigenvalue weighted by Gasteiger charge is 2.09. The standard InChI is InChI=1S/C11H21NO4/c1-3-9(5-6-10(13)14)7-8-12-11(15)16-4-2/h9H,3-8H2,1-2H3,(H,12,15)(H,13,14). The molecular weight excluding hydrogens is 210 g/mol. The number of amides is 1. The number of hydrogen-bond acceptors (Lipinski definition) is 3. The fourth-order valence-corrected chi connectivity index (χ4v) is 1.44. The third kappa shape index (κ3) is 8.08. The van der Waals surface area contributed by atoms with Crippen molar-refractivity contribution < 1.29 is 19.4 Å². The molecule has 5 nitrogen and oxygen atoms in total. The first-order valence-electron chi connectivity index (χ1n) is 5.72. The Morgan fingerprint density at radius 2 is 2.00 bits per heavy atom. The van der Waals surface area contributed by atoms with E-state index in [1.807, 2.05) is 6.92 Å². The van der Waals surface area contributed by atoms with E-state index in [2.05, 4.69) is 5.32 Å². The van der Waals surface area contributed by atoms with E-state index >= 15 is 0 Å². The molecule has 1 atom stereocenters. The molecule has 94 valence electrons. The summed E-state index contributed by atoms with van der Waals surface area (Å²) in [7, 11) is 0. The second-order valence-electron chi connectivity index (χ2n) is 3.64. The van der Waals surface area contributed by atoms with Gasteiger partial charge < -0.3 is 15.2 Å². The van der Waals surface area contributed by atoms with Gasteiger partial charge in [-0.05, 0) is 25.7 Å². The molecule has 5 heteroatoms. The highest BCUT2D eigenvalue weighted by atomic mass is 16.5. The number of hydrogen-bond donors (Lipinski definition) is 2. The molecule has 0 heterocycles. The van der Waals surface area contributed by atoms with E-state index < -0.39 is 12.1 Å². The molecule has 0 saturated heterocycles. The third-order valence-electron chi connectivity index (χ3n) is 2.44. The van der Waals surface area contributed by atoms with Gasteiger partial charge in [0.2, 0.25) is 0 Å². The van der Waals surface area contributed by atoms with Crippen LogP contribution in [0, 0.1) is 5.92 Å². The van der Waals surface area contributed by atoms with E-state index in [0.29, 0.717) is 25.5 Å². The average molecular weight is 231 g/mol. The van der Waals surface area contributed by atoms with Crippen molar-refractivity contribution in [1.29, 1.82) is 0 Å². The van der Waals surface area contributed by atoms with Gasteiger partial charge in [0.15, 0.2) is 0 Å². The molecule has 0 aromatic rings. The Labute approximate surface area is 96.2 Å². The van der Waals surface area contributed by atoms with Crippen molar-refractivity contribution in [3.63, 3.8) is 0 Å². The molecule has 0 radical (unpaired) electrons. The summed E-state index contributed by atoms with van der Waals surface area (Å²) in [5, 5.41) is 11.2. The van der Waals surface area contributed by atoms with Gasteiger partial charge in [0.25, 0.3) is 0 Å². The second-order valence-corrected chi connectivity index (χ2v) is 3.64. The van der Waals surface area contributed by atoms with E-state index in [1.54, 1.807) is 6.92 Å². The Bertz CT molecular complexity index is 218. The molecule has 0 fully saturated rings. The van der Waals surface area contributed by atoms with Gasteiger partial charge in [0.1, 0.15) is 0 Å². The van der Waals surface area contributed by atoms with Crippen LogP contribution < -0.4 is 5.32 Å². The van der Waals surface area contributed by atoms with Gasteiger partial charge in [0.05, 0.1) is 6.61 Å². The summed E-state index contributed by atoms with van der Waals surface area (Å²) < 4.78 is 4.71. The van der Waals surface area contributed by atoms with Crippen molar-refractivity contribution in [1.82, 2.24) is 5.32 Å². The predicted molar refractivity (Wildman–Crippen MR) is 60.3 cm³/mol. The molecule has 1 amide bonds. The van der Waals surface area contributed by atoms with Crippen molar-refractivity contribution in [2.75, 3.05) is 13.2 Å². The molecule has 0 bridgehead atoms. The maximum atomic E-state index is 11.0. The van der Waals surface area contributed by atoms with Gasteiger partial charge in [-0.25, -0.2) is 4.79 Å². The summed E-state index contributed by atoms with van der Waals surface area (Å²) in [6, 6.07) is 0. The van der Waals surface area contributed by atoms with Crippen molar-refractivity contribution in [3.8, 4) is 0 Å². The van der Waals surface area contributed by atoms with Crippen LogP contribution in [-0.4, -0.2) is 30.3 Å². The second kappa shape index (κ2) is 9.00. The van der Waals surface area contributed by atoms with Crippen LogP contribution in [-0.2, 0) is 9.53 Å². The van der Waals surface area contributed by atoms with Gasteiger partial charge in [-0.1, -0.05) is 13.3 Å². The van der Waals surface area contributed by atoms with E-state index in [-0.39, 0.29) is 6.42 Å². The van der Waals surface area contributed by atoms with Gasteiger partial charge in [-0.2, -0.15) is 0 Å². The summed E-state index contributed by atoms with van der Waals surface area (Å²) in [5.74, 6) is -0.421. The summed E-state index contributed by atoms with van der Waals surface area (Å²) in [4.78, 5) is 21.3. The Hall–Kier alpha value is -1.26. The van der Waals surface area contributed by atoms with Crippen LogP contribution in [0.25, 0.3) is 0 Å². The number of rotatable bonds is 8. The fraction of sp³-hybridized carbons (Fsp3) is 0.818. The van der Waals surface area contributed by atoms with Crippen molar-refractivity contribution in [2.24, 2.45) is 5.92 Å². The van der Waals surface area contributed by atoms with Crippen LogP contribution in [0.4, 0.5) is 4.79 Å². The normalized spacial score (nSPS) is 11.9. The molecule has 0 aromatic carbocycles. The number of carboxylic acid groups (broad SMARTS) is 1. The Morgan fingerprint density at radius 1 is 1.31 bits per heavy atom. The Morgan fingerprint density at radius 3 is 2.50 bits per heavy atom. The van der Waals surface area contributed by atoms with Gasteiger partial charge in [0, 0.05) is 13.0 Å². The topological polar surface area (TPSA) is 75.6 Å². The molecule has 16 heavy (non-hydrogen) atoms. The lowest BCUT2D eigenvalue weighted by atomic mass is 9.97. The molecule has 0 rings (SSSR count). The minimum Gasteiger partial charge on any atom is -0.481 e. The van der Waals surface area contributed by atoms with Crippen LogP contribution in [0.15, 0.2) is 0 Å². The van der Waals surface area contributed by atoms with Gasteiger partial charge in [-0.3, -0.25) is 4.79 Å². The number of carbonyl (C=O) groups excluding carboxylic acids is 1. The van der Waals surface area contributed by atoms with Crippen LogP contribution in [0.3, 0.4) is 0 Å². The van der Waals surface area contributed by atoms with Crippen molar-refractivity contribution >= 4 is 12.1 Å². The first-order chi connectivity index (χ1) is 7.60. The average Bonchev–Trinajstić information content (AvgIpc) is 2.23. The molecule has 0 aliphatic carbocycles. The van der Waals surface area contributed by atoms with Crippen LogP contribution in [0.2, 0.25) is 0 Å². The van der Waals surface area contributed by atoms with E-state index in [9.17, 15) is 9.59 Å². The number of ether oxygens (including phenoxy) is 1. The largest absolute Gasteiger partial charge is 0.481 e. The monoisotopic (exact) mass is 231 g/mol. The summed E-state index contributed by atoms with van der Waals surface area (Å²) in [6.45, 7) is 4.68. The van der Waals surface area contributed by atoms with Crippen LogP contribution >= 0.6 is 0 Å². The van der Waals surface area contributed by atoms with E-state index in [4.69, 9.17) is 9.84 Å². The molecule has 1 unspecified atom stereocenters. The smallest absolute Gasteiger partial charge is 0.407 e. The lowest BCUT2D eigenvalue weighted by Gasteiger charge is -2.13. The number of aliphatic carboxylic acids is 1. The van der Waals surface area contributed by atoms with Crippen molar-refractivity contribution in [3.05, 3.63) is 0 Å². The van der Waals surface area contributed by atoms with Gasteiger partial charge >= 0.3 is 12.1 Å². The van der Waals surface area contributed by atoms with E-state index in [1.165, 1.54) is 0 Å². The third-order valence-corrected chi connectivity index (χ3v) is 2.44. The molecule has 2 N–H and O–H groups in total. The molecular formula is C11H21NO4. The predicted octanol–water partition coefficient (Wildman–Crippen LogP) is 2.01. The Balaban J connectivity index is 3.62. The van der Waals surface area contributed by atoms with Gasteiger partial charge in [-0.15, -0.1) is 0 Å². The maximum absolute atomic E-state index is 11.0. The lowest BCUT2D eigenvalue weighted by molar-refractivity contribution is -0.137. The maximum Gasteiger partial charge on any atom is 0.407 e. The lowest BCUT2D eigenvalue weighted by Crippen LogP contribution is -2.26.